The van der Waals surface area contributed by atoms with Crippen molar-refractivity contribution >= 4 is 39.1 Å². The predicted octanol–water partition coefficient (Wildman–Crippen LogP) is 2.28. The summed E-state index contributed by atoms with van der Waals surface area (Å²) in [6, 6.07) is 1.97. The lowest BCUT2D eigenvalue weighted by Crippen LogP contribution is -2.39. The Balaban J connectivity index is 1.85. The number of carbonyl (C=O) groups is 2. The van der Waals surface area contributed by atoms with Crippen LogP contribution in [0.3, 0.4) is 0 Å². The third-order valence-electron chi connectivity index (χ3n) is 3.29. The Bertz CT molecular complexity index is 453. The summed E-state index contributed by atoms with van der Waals surface area (Å²) in [5.41, 5.74) is 5.96. The summed E-state index contributed by atoms with van der Waals surface area (Å²) in [6.07, 6.45) is 3.19. The lowest BCUT2D eigenvalue weighted by molar-refractivity contribution is -0.122. The summed E-state index contributed by atoms with van der Waals surface area (Å²) in [4.78, 5) is 23.0. The van der Waals surface area contributed by atoms with E-state index in [4.69, 9.17) is 5.73 Å². The maximum absolute atomic E-state index is 11.9. The maximum atomic E-state index is 11.9. The first-order chi connectivity index (χ1) is 8.56. The lowest BCUT2D eigenvalue weighted by atomic mass is 9.85. The molecule has 0 saturated heterocycles. The molecule has 0 spiro atoms. The van der Waals surface area contributed by atoms with Crippen LogP contribution in [0.4, 0.5) is 0 Å². The number of halogens is 1. The highest BCUT2D eigenvalue weighted by Gasteiger charge is 2.25. The Morgan fingerprint density at radius 2 is 2.00 bits per heavy atom. The first-order valence-corrected chi connectivity index (χ1v) is 7.57. The fraction of sp³-hybridized carbons (Fsp3) is 0.500. The average molecular weight is 331 g/mol. The van der Waals surface area contributed by atoms with Gasteiger partial charge in [0.1, 0.15) is 0 Å². The van der Waals surface area contributed by atoms with Gasteiger partial charge in [0.05, 0.1) is 9.35 Å². The van der Waals surface area contributed by atoms with Crippen LogP contribution in [0.25, 0.3) is 0 Å². The van der Waals surface area contributed by atoms with Crippen molar-refractivity contribution in [2.24, 2.45) is 11.7 Å². The fourth-order valence-corrected chi connectivity index (χ4v) is 3.36. The van der Waals surface area contributed by atoms with Gasteiger partial charge in [-0.15, -0.1) is 11.3 Å². The minimum atomic E-state index is -0.221. The van der Waals surface area contributed by atoms with Gasteiger partial charge in [-0.3, -0.25) is 9.59 Å². The van der Waals surface area contributed by atoms with Gasteiger partial charge in [0, 0.05) is 17.3 Å². The second-order valence-corrected chi connectivity index (χ2v) is 6.85. The summed E-state index contributed by atoms with van der Waals surface area (Å²) >= 11 is 4.83. The highest BCUT2D eigenvalue weighted by molar-refractivity contribution is 9.11. The topological polar surface area (TPSA) is 72.2 Å². The van der Waals surface area contributed by atoms with Gasteiger partial charge in [-0.05, 0) is 47.7 Å². The van der Waals surface area contributed by atoms with Crippen molar-refractivity contribution < 1.29 is 9.59 Å². The Kier molecular flexibility index (Phi) is 4.40. The molecule has 1 heterocycles. The summed E-state index contributed by atoms with van der Waals surface area (Å²) in [5.74, 6) is -0.283. The van der Waals surface area contributed by atoms with Crippen molar-refractivity contribution in [3.8, 4) is 0 Å². The molecule has 1 aliphatic carbocycles. The average Bonchev–Trinajstić information content (AvgIpc) is 2.76. The first kappa shape index (κ1) is 13.5. The number of hydrogen-bond acceptors (Lipinski definition) is 3. The smallest absolute Gasteiger partial charge is 0.252 e. The summed E-state index contributed by atoms with van der Waals surface area (Å²) < 4.78 is 0.949. The normalized spacial score (nSPS) is 23.6. The molecule has 0 bridgehead atoms. The summed E-state index contributed by atoms with van der Waals surface area (Å²) in [6.45, 7) is 0. The third kappa shape index (κ3) is 3.32. The minimum absolute atomic E-state index is 0.0200. The Labute approximate surface area is 118 Å². The maximum Gasteiger partial charge on any atom is 0.252 e. The van der Waals surface area contributed by atoms with Gasteiger partial charge in [0.25, 0.3) is 5.91 Å². The number of nitrogens with one attached hydrogen (secondary N) is 1. The molecular weight excluding hydrogens is 316 g/mol. The second-order valence-electron chi connectivity index (χ2n) is 4.56. The minimum Gasteiger partial charge on any atom is -0.369 e. The molecule has 0 radical (unpaired) electrons. The molecule has 0 atom stereocenters. The highest BCUT2D eigenvalue weighted by Crippen LogP contribution is 2.25. The molecule has 1 saturated carbocycles. The molecule has 2 rings (SSSR count). The summed E-state index contributed by atoms with van der Waals surface area (Å²) in [5, 5.41) is 4.83. The number of primary amides is 1. The van der Waals surface area contributed by atoms with E-state index in [1.807, 2.05) is 11.4 Å². The van der Waals surface area contributed by atoms with Gasteiger partial charge in [-0.1, -0.05) is 0 Å². The lowest BCUT2D eigenvalue weighted by Gasteiger charge is -2.27. The van der Waals surface area contributed by atoms with E-state index >= 15 is 0 Å². The quantitative estimate of drug-likeness (QED) is 0.892. The molecule has 3 N–H and O–H groups in total. The number of carbonyl (C=O) groups excluding carboxylic acids is 2. The van der Waals surface area contributed by atoms with E-state index in [0.29, 0.717) is 5.56 Å². The van der Waals surface area contributed by atoms with Crippen molar-refractivity contribution in [2.45, 2.75) is 31.7 Å². The van der Waals surface area contributed by atoms with Crippen molar-refractivity contribution in [2.75, 3.05) is 0 Å². The second kappa shape index (κ2) is 5.84. The molecule has 6 heteroatoms. The van der Waals surface area contributed by atoms with Gasteiger partial charge in [-0.2, -0.15) is 0 Å². The van der Waals surface area contributed by atoms with Crippen LogP contribution in [0.15, 0.2) is 15.2 Å². The molecule has 0 aromatic carbocycles. The molecule has 1 aromatic rings. The van der Waals surface area contributed by atoms with Crippen LogP contribution in [0.1, 0.15) is 36.0 Å². The van der Waals surface area contributed by atoms with Gasteiger partial charge in [0.15, 0.2) is 0 Å². The van der Waals surface area contributed by atoms with Crippen LogP contribution in [0, 0.1) is 5.92 Å². The zero-order valence-corrected chi connectivity index (χ0v) is 12.2. The molecule has 18 heavy (non-hydrogen) atoms. The number of hydrogen-bond donors (Lipinski definition) is 2. The van der Waals surface area contributed by atoms with Gasteiger partial charge < -0.3 is 11.1 Å². The Hall–Kier alpha value is -0.880. The highest BCUT2D eigenvalue weighted by atomic mass is 79.9. The fourth-order valence-electron chi connectivity index (χ4n) is 2.22. The van der Waals surface area contributed by atoms with Gasteiger partial charge >= 0.3 is 0 Å². The molecular formula is C12H15BrN2O2S. The van der Waals surface area contributed by atoms with Crippen LogP contribution in [0.2, 0.25) is 0 Å². The monoisotopic (exact) mass is 330 g/mol. The molecule has 1 fully saturated rings. The van der Waals surface area contributed by atoms with Gasteiger partial charge in [-0.25, -0.2) is 0 Å². The van der Waals surface area contributed by atoms with Crippen LogP contribution in [-0.2, 0) is 4.79 Å². The largest absolute Gasteiger partial charge is 0.369 e. The van der Waals surface area contributed by atoms with E-state index in [1.165, 1.54) is 11.3 Å². The number of thiophene rings is 1. The van der Waals surface area contributed by atoms with Crippen molar-refractivity contribution in [1.29, 1.82) is 0 Å². The van der Waals surface area contributed by atoms with E-state index in [0.717, 1.165) is 29.5 Å². The summed E-state index contributed by atoms with van der Waals surface area (Å²) in [7, 11) is 0. The number of rotatable bonds is 3. The Morgan fingerprint density at radius 3 is 2.50 bits per heavy atom. The SMILES string of the molecule is NC(=O)C1CCC(NC(=O)c2csc(Br)c2)CC1. The van der Waals surface area contributed by atoms with Crippen LogP contribution >= 0.6 is 27.3 Å². The van der Waals surface area contributed by atoms with E-state index < -0.39 is 0 Å². The van der Waals surface area contributed by atoms with E-state index in [2.05, 4.69) is 21.2 Å². The number of amides is 2. The van der Waals surface area contributed by atoms with Crippen molar-refractivity contribution in [3.05, 3.63) is 20.8 Å². The zero-order chi connectivity index (χ0) is 13.1. The molecule has 2 amide bonds. The van der Waals surface area contributed by atoms with Crippen LogP contribution < -0.4 is 11.1 Å². The zero-order valence-electron chi connectivity index (χ0n) is 9.82. The van der Waals surface area contributed by atoms with E-state index in [1.54, 1.807) is 0 Å². The molecule has 0 unspecified atom stereocenters. The van der Waals surface area contributed by atoms with Crippen molar-refractivity contribution in [3.63, 3.8) is 0 Å². The van der Waals surface area contributed by atoms with Gasteiger partial charge in [0.2, 0.25) is 5.91 Å². The number of nitrogens with two attached hydrogens (primary N) is 1. The standard InChI is InChI=1S/C12H15BrN2O2S/c13-10-5-8(6-18-10)12(17)15-9-3-1-7(2-4-9)11(14)16/h5-7,9H,1-4H2,(H2,14,16)(H,15,17). The van der Waals surface area contributed by atoms with Crippen molar-refractivity contribution in [1.82, 2.24) is 5.32 Å². The van der Waals surface area contributed by atoms with E-state index in [-0.39, 0.29) is 23.8 Å². The van der Waals surface area contributed by atoms with Crippen LogP contribution in [-0.4, -0.2) is 17.9 Å². The molecule has 0 aliphatic heterocycles. The molecule has 1 aliphatic rings. The van der Waals surface area contributed by atoms with E-state index in [9.17, 15) is 9.59 Å². The molecule has 98 valence electrons. The van der Waals surface area contributed by atoms with Crippen LogP contribution in [0.5, 0.6) is 0 Å². The third-order valence-corrected chi connectivity index (χ3v) is 4.80. The predicted molar refractivity (Wildman–Crippen MR) is 74.4 cm³/mol. The molecule has 1 aromatic heterocycles. The Morgan fingerprint density at radius 1 is 1.33 bits per heavy atom. The first-order valence-electron chi connectivity index (χ1n) is 5.90. The molecule has 4 nitrogen and oxygen atoms in total.